The van der Waals surface area contributed by atoms with Crippen molar-refractivity contribution in [2.45, 2.75) is 0 Å². The van der Waals surface area contributed by atoms with Gasteiger partial charge in [0.25, 0.3) is 0 Å². The Morgan fingerprint density at radius 1 is 1.17 bits per heavy atom. The third-order valence-electron chi connectivity index (χ3n) is 0.663. The van der Waals surface area contributed by atoms with Gasteiger partial charge in [0.05, 0.1) is 0 Å². The van der Waals surface area contributed by atoms with Gasteiger partial charge in [-0.25, -0.2) is 0 Å². The van der Waals surface area contributed by atoms with E-state index in [2.05, 4.69) is 9.85 Å². The van der Waals surface area contributed by atoms with Crippen LogP contribution in [0, 0.1) is 0 Å². The molecule has 0 aromatic carbocycles. The molecule has 0 amide bonds. The lowest BCUT2D eigenvalue weighted by atomic mass is 10.5. The molecule has 1 heteroatoms. The summed E-state index contributed by atoms with van der Waals surface area (Å²) >= 11 is 0. The second-order valence-corrected chi connectivity index (χ2v) is 1.75. The van der Waals surface area contributed by atoms with E-state index < -0.39 is 0 Å². The van der Waals surface area contributed by atoms with Crippen molar-refractivity contribution < 1.29 is 0 Å². The maximum Gasteiger partial charge on any atom is 0.0403 e. The molecular formula is C5H4Si. The number of allylic oxidation sites excluding steroid dienone is 4. The Labute approximate surface area is 40.2 Å². The van der Waals surface area contributed by atoms with Gasteiger partial charge < -0.3 is 0 Å². The Kier molecular flexibility index (Phi) is 0.841. The molecular weight excluding hydrogens is 88.1 g/mol. The number of hydrogen-bond acceptors (Lipinski definition) is 0. The molecule has 1 rings (SSSR count). The van der Waals surface area contributed by atoms with Crippen molar-refractivity contribution in [1.82, 2.24) is 0 Å². The average Bonchev–Trinajstić information content (AvgIpc) is 1.86. The first-order chi connectivity index (χ1) is 2.89. The minimum absolute atomic E-state index is 1.15. The van der Waals surface area contributed by atoms with E-state index in [-0.39, 0.29) is 0 Å². The highest BCUT2D eigenvalue weighted by Gasteiger charge is 1.80. The highest BCUT2D eigenvalue weighted by atomic mass is 28.1. The zero-order chi connectivity index (χ0) is 4.41. The molecule has 0 fully saturated rings. The summed E-state index contributed by atoms with van der Waals surface area (Å²) < 4.78 is 0. The van der Waals surface area contributed by atoms with Crippen molar-refractivity contribution in [3.63, 3.8) is 0 Å². The molecule has 0 aromatic rings. The van der Waals surface area contributed by atoms with Gasteiger partial charge in [0, 0.05) is 9.85 Å². The van der Waals surface area contributed by atoms with E-state index in [1.54, 1.807) is 0 Å². The van der Waals surface area contributed by atoms with Gasteiger partial charge in [-0.3, -0.25) is 0 Å². The third-order valence-corrected chi connectivity index (χ3v) is 0.996. The van der Waals surface area contributed by atoms with Gasteiger partial charge in [-0.2, -0.15) is 0 Å². The summed E-state index contributed by atoms with van der Waals surface area (Å²) in [7, 11) is 3.33. The van der Waals surface area contributed by atoms with Gasteiger partial charge in [-0.1, -0.05) is 24.3 Å². The van der Waals surface area contributed by atoms with Crippen molar-refractivity contribution in [3.05, 3.63) is 24.3 Å². The van der Waals surface area contributed by atoms with Gasteiger partial charge in [0.15, 0.2) is 0 Å². The molecule has 0 saturated carbocycles. The first-order valence-corrected chi connectivity index (χ1v) is 2.33. The van der Waals surface area contributed by atoms with Crippen LogP contribution in [0.25, 0.3) is 0 Å². The summed E-state index contributed by atoms with van der Waals surface area (Å²) in [5.41, 5.74) is 0. The monoisotopic (exact) mass is 92.0 g/mol. The molecule has 1 aliphatic rings. The molecule has 0 nitrogen and oxygen atoms in total. The van der Waals surface area contributed by atoms with Crippen molar-refractivity contribution in [2.24, 2.45) is 0 Å². The van der Waals surface area contributed by atoms with Crippen LogP contribution in [0.15, 0.2) is 24.3 Å². The fourth-order valence-electron chi connectivity index (χ4n) is 0.374. The lowest BCUT2D eigenvalue weighted by molar-refractivity contribution is 2.15. The van der Waals surface area contributed by atoms with E-state index in [0.717, 1.165) is 5.17 Å². The summed E-state index contributed by atoms with van der Waals surface area (Å²) in [6.45, 7) is 0. The van der Waals surface area contributed by atoms with Crippen LogP contribution < -0.4 is 0 Å². The third kappa shape index (κ3) is 0.545. The van der Waals surface area contributed by atoms with Gasteiger partial charge >= 0.3 is 0 Å². The Morgan fingerprint density at radius 3 is 1.83 bits per heavy atom. The molecule has 6 heavy (non-hydrogen) atoms. The molecule has 0 unspecified atom stereocenters. The molecule has 0 bridgehead atoms. The van der Waals surface area contributed by atoms with E-state index in [4.69, 9.17) is 0 Å². The van der Waals surface area contributed by atoms with Crippen molar-refractivity contribution in [3.8, 4) is 0 Å². The smallest absolute Gasteiger partial charge is 0.0403 e. The first kappa shape index (κ1) is 3.75. The zero-order valence-corrected chi connectivity index (χ0v) is 4.31. The summed E-state index contributed by atoms with van der Waals surface area (Å²) in [6.07, 6.45) is 7.97. The molecule has 0 saturated heterocycles. The highest BCUT2D eigenvalue weighted by Crippen LogP contribution is 1.88. The summed E-state index contributed by atoms with van der Waals surface area (Å²) in [4.78, 5) is 0. The maximum atomic E-state index is 3.33. The molecule has 2 radical (unpaired) electrons. The van der Waals surface area contributed by atoms with E-state index in [9.17, 15) is 0 Å². The SMILES string of the molecule is [Si]=C1C=CC=C1. The molecule has 0 heterocycles. The second kappa shape index (κ2) is 1.35. The Balaban J connectivity index is 2.86. The van der Waals surface area contributed by atoms with E-state index in [0.29, 0.717) is 0 Å². The van der Waals surface area contributed by atoms with E-state index in [1.807, 2.05) is 24.3 Å². The van der Waals surface area contributed by atoms with E-state index in [1.165, 1.54) is 0 Å². The fraction of sp³-hybridized carbons (Fsp3) is 0. The van der Waals surface area contributed by atoms with Crippen LogP contribution >= 0.6 is 0 Å². The predicted molar refractivity (Wildman–Crippen MR) is 29.0 cm³/mol. The summed E-state index contributed by atoms with van der Waals surface area (Å²) in [5, 5.41) is 1.15. The summed E-state index contributed by atoms with van der Waals surface area (Å²) in [5.74, 6) is 0. The molecule has 0 spiro atoms. The van der Waals surface area contributed by atoms with Crippen molar-refractivity contribution >= 4 is 15.0 Å². The van der Waals surface area contributed by atoms with Crippen LogP contribution in [0.1, 0.15) is 0 Å². The van der Waals surface area contributed by atoms with Crippen LogP contribution in [-0.2, 0) is 0 Å². The number of hydrogen-bond donors (Lipinski definition) is 0. The van der Waals surface area contributed by atoms with Gasteiger partial charge in [0.1, 0.15) is 0 Å². The number of rotatable bonds is 0. The molecule has 1 aliphatic carbocycles. The molecule has 0 aromatic heterocycles. The topological polar surface area (TPSA) is 0 Å². The molecule has 0 aliphatic heterocycles. The van der Waals surface area contributed by atoms with Crippen molar-refractivity contribution in [1.29, 1.82) is 0 Å². The zero-order valence-electron chi connectivity index (χ0n) is 3.31. The van der Waals surface area contributed by atoms with Crippen molar-refractivity contribution in [2.75, 3.05) is 0 Å². The Morgan fingerprint density at radius 2 is 1.67 bits per heavy atom. The van der Waals surface area contributed by atoms with Crippen LogP contribution in [0.3, 0.4) is 0 Å². The standard InChI is InChI=1S/C5H4Si/c6-5-3-1-2-4-5/h1-4H. The Hall–Kier alpha value is -0.433. The second-order valence-electron chi connectivity index (χ2n) is 1.17. The highest BCUT2D eigenvalue weighted by molar-refractivity contribution is 6.46. The minimum atomic E-state index is 1.15. The van der Waals surface area contributed by atoms with Gasteiger partial charge in [0.2, 0.25) is 0 Å². The van der Waals surface area contributed by atoms with Crippen LogP contribution in [-0.4, -0.2) is 15.0 Å². The fourth-order valence-corrected chi connectivity index (χ4v) is 0.566. The maximum absolute atomic E-state index is 3.33. The Bertz CT molecular complexity index is 106. The lowest BCUT2D eigenvalue weighted by Gasteiger charge is -1.70. The van der Waals surface area contributed by atoms with Crippen LogP contribution in [0.5, 0.6) is 0 Å². The quantitative estimate of drug-likeness (QED) is 0.381. The van der Waals surface area contributed by atoms with Gasteiger partial charge in [-0.15, -0.1) is 0 Å². The van der Waals surface area contributed by atoms with Crippen LogP contribution in [0.4, 0.5) is 0 Å². The first-order valence-electron chi connectivity index (χ1n) is 1.83. The molecule has 28 valence electrons. The normalized spacial score (nSPS) is 17.0. The van der Waals surface area contributed by atoms with Gasteiger partial charge in [-0.05, 0) is 5.17 Å². The average molecular weight is 92.2 g/mol. The molecule has 0 atom stereocenters. The van der Waals surface area contributed by atoms with E-state index >= 15 is 0 Å². The largest absolute Gasteiger partial charge is 0.0621 e. The minimum Gasteiger partial charge on any atom is -0.0621 e. The van der Waals surface area contributed by atoms with Crippen LogP contribution in [0.2, 0.25) is 0 Å². The molecule has 0 N–H and O–H groups in total. The lowest BCUT2D eigenvalue weighted by Crippen LogP contribution is -1.77. The predicted octanol–water partition coefficient (Wildman–Crippen LogP) is 0.453. The summed E-state index contributed by atoms with van der Waals surface area (Å²) in [6, 6.07) is 0.